The monoisotopic (exact) mass is 706 g/mol. The van der Waals surface area contributed by atoms with Crippen LogP contribution in [-0.4, -0.2) is 64.4 Å². The van der Waals surface area contributed by atoms with Gasteiger partial charge in [-0.1, -0.05) is 48.5 Å². The molecule has 9 nitrogen and oxygen atoms in total. The van der Waals surface area contributed by atoms with E-state index in [9.17, 15) is 25.9 Å². The Morgan fingerprint density at radius 2 is 1.08 bits per heavy atom. The van der Waals surface area contributed by atoms with Gasteiger partial charge in [-0.2, -0.15) is 8.42 Å². The predicted octanol–water partition coefficient (Wildman–Crippen LogP) is 2.76. The molecular weight excluding hydrogens is 670 g/mol. The van der Waals surface area contributed by atoms with Crippen molar-refractivity contribution in [2.75, 3.05) is 38.0 Å². The smallest absolute Gasteiger partial charge is 0.744 e. The van der Waals surface area contributed by atoms with Crippen LogP contribution < -0.4 is 39.4 Å². The number of rotatable bonds is 10. The van der Waals surface area contributed by atoms with Gasteiger partial charge >= 0.3 is 29.6 Å². The fraction of sp³-hybridized carbons (Fsp3) is 0.162. The first-order valence-corrected chi connectivity index (χ1v) is 17.9. The second-order valence-electron chi connectivity index (χ2n) is 11.9. The minimum Gasteiger partial charge on any atom is -0.744 e. The molecule has 0 heterocycles. The van der Waals surface area contributed by atoms with Crippen LogP contribution in [0.4, 0.5) is 11.4 Å². The molecule has 1 aliphatic carbocycles. The molecule has 248 valence electrons. The van der Waals surface area contributed by atoms with E-state index in [1.54, 1.807) is 24.3 Å². The Morgan fingerprint density at radius 3 is 1.47 bits per heavy atom. The van der Waals surface area contributed by atoms with E-state index in [1.165, 1.54) is 24.3 Å². The standard InChI is InChI=1S/C37H37N3O6S2.Na/c1-38(2)32-15-9-29(10-16-32)37(30-11-17-33(18-12-30)39(3)4)31-13-19-34(20-14-31)40(25-27-5-21-35(22-6-27)47(41,42)43)26-28-7-23-36(24-8-28)48(44,45)46;/h5-24H,25-26H2,1-4H3,(H-,41,42,43,44,45,46);/q;+1. The van der Waals surface area contributed by atoms with Crippen molar-refractivity contribution in [3.8, 4) is 0 Å². The van der Waals surface area contributed by atoms with Gasteiger partial charge in [-0.3, -0.25) is 4.55 Å². The van der Waals surface area contributed by atoms with Gasteiger partial charge in [-0.15, -0.1) is 0 Å². The first kappa shape index (κ1) is 38.0. The molecule has 0 amide bonds. The molecule has 0 fully saturated rings. The predicted molar refractivity (Wildman–Crippen MR) is 189 cm³/mol. The number of hydrogen-bond donors (Lipinski definition) is 1. The normalized spacial score (nSPS) is 12.8. The van der Waals surface area contributed by atoms with Crippen molar-refractivity contribution in [3.63, 3.8) is 0 Å². The van der Waals surface area contributed by atoms with Gasteiger partial charge < -0.3 is 14.4 Å². The largest absolute Gasteiger partial charge is 1.00 e. The third-order valence-electron chi connectivity index (χ3n) is 8.05. The van der Waals surface area contributed by atoms with Gasteiger partial charge in [0.1, 0.15) is 24.2 Å². The molecule has 0 bridgehead atoms. The molecule has 12 heteroatoms. The van der Waals surface area contributed by atoms with Gasteiger partial charge in [0.05, 0.1) is 9.79 Å². The van der Waals surface area contributed by atoms with Gasteiger partial charge in [0, 0.05) is 50.7 Å². The summed E-state index contributed by atoms with van der Waals surface area (Å²) >= 11 is 0. The van der Waals surface area contributed by atoms with Gasteiger partial charge in [-0.05, 0) is 94.1 Å². The Kier molecular flexibility index (Phi) is 12.3. The van der Waals surface area contributed by atoms with E-state index in [2.05, 4.69) is 75.1 Å². The Morgan fingerprint density at radius 1 is 0.653 bits per heavy atom. The van der Waals surface area contributed by atoms with Gasteiger partial charge in [-0.25, -0.2) is 13.0 Å². The summed E-state index contributed by atoms with van der Waals surface area (Å²) in [5.74, 6) is 0. The molecule has 0 unspecified atom stereocenters. The number of benzene rings is 4. The molecule has 1 N–H and O–H groups in total. The van der Waals surface area contributed by atoms with Crippen LogP contribution in [0.15, 0.2) is 137 Å². The average Bonchev–Trinajstić information content (AvgIpc) is 3.05. The maximum absolute atomic E-state index is 11.6. The van der Waals surface area contributed by atoms with Crippen LogP contribution >= 0.6 is 0 Å². The van der Waals surface area contributed by atoms with Crippen LogP contribution in [0.1, 0.15) is 22.3 Å². The van der Waals surface area contributed by atoms with E-state index in [-0.39, 0.29) is 39.3 Å². The summed E-state index contributed by atoms with van der Waals surface area (Å²) in [6, 6.07) is 28.4. The molecule has 0 aliphatic heterocycles. The van der Waals surface area contributed by atoms with Gasteiger partial charge in [0.2, 0.25) is 0 Å². The average molecular weight is 707 g/mol. The van der Waals surface area contributed by atoms with Crippen LogP contribution in [0.25, 0.3) is 5.57 Å². The van der Waals surface area contributed by atoms with E-state index >= 15 is 0 Å². The number of hydrogen-bond acceptors (Lipinski definition) is 7. The van der Waals surface area contributed by atoms with Crippen LogP contribution in [0, 0.1) is 0 Å². The van der Waals surface area contributed by atoms with Gasteiger partial charge in [0.15, 0.2) is 5.71 Å². The fourth-order valence-electron chi connectivity index (χ4n) is 5.40. The van der Waals surface area contributed by atoms with Crippen LogP contribution in [-0.2, 0) is 33.3 Å². The summed E-state index contributed by atoms with van der Waals surface area (Å²) in [7, 11) is -0.882. The third-order valence-corrected chi connectivity index (χ3v) is 9.76. The Balaban J connectivity index is 0.00000541. The molecule has 4 aromatic carbocycles. The maximum atomic E-state index is 11.6. The van der Waals surface area contributed by atoms with E-state index in [0.717, 1.165) is 50.5 Å². The van der Waals surface area contributed by atoms with Crippen LogP contribution in [0.3, 0.4) is 0 Å². The Bertz CT molecular complexity index is 2040. The van der Waals surface area contributed by atoms with Crippen molar-refractivity contribution >= 4 is 42.9 Å². The SMILES string of the molecule is CN(C)c1ccc(C(=C2C=CC(=[N+](C)C)C=C2)c2ccc(N(Cc3ccc(S(=O)(=O)[O-])cc3)Cc3ccc(S(=O)(=O)O)cc3)cc2)cc1.[Na+]. The van der Waals surface area contributed by atoms with Crippen LogP contribution in [0.5, 0.6) is 0 Å². The Hall–Kier alpha value is -3.81. The second kappa shape index (κ2) is 15.8. The first-order valence-electron chi connectivity index (χ1n) is 15.1. The third kappa shape index (κ3) is 9.67. The summed E-state index contributed by atoms with van der Waals surface area (Å²) in [5, 5.41) is 0. The molecule has 0 saturated heterocycles. The number of anilines is 2. The minimum atomic E-state index is -4.58. The number of nitrogens with zero attached hydrogens (tertiary/aromatic N) is 3. The summed E-state index contributed by atoms with van der Waals surface area (Å²) in [4.78, 5) is 3.62. The zero-order chi connectivity index (χ0) is 34.6. The summed E-state index contributed by atoms with van der Waals surface area (Å²) in [6.07, 6.45) is 8.42. The van der Waals surface area contributed by atoms with Crippen molar-refractivity contribution in [1.82, 2.24) is 0 Å². The van der Waals surface area contributed by atoms with Crippen molar-refractivity contribution in [1.29, 1.82) is 0 Å². The molecule has 4 aromatic rings. The van der Waals surface area contributed by atoms with E-state index < -0.39 is 20.2 Å². The molecule has 0 spiro atoms. The van der Waals surface area contributed by atoms with E-state index in [4.69, 9.17) is 0 Å². The molecule has 0 aromatic heterocycles. The van der Waals surface area contributed by atoms with E-state index in [0.29, 0.717) is 13.1 Å². The second-order valence-corrected chi connectivity index (χ2v) is 14.7. The molecule has 0 saturated carbocycles. The molecule has 0 atom stereocenters. The Labute approximate surface area is 311 Å². The zero-order valence-electron chi connectivity index (χ0n) is 28.1. The van der Waals surface area contributed by atoms with Crippen LogP contribution in [0.2, 0.25) is 0 Å². The quantitative estimate of drug-likeness (QED) is 0.152. The topological polar surface area (TPSA) is 121 Å². The molecule has 5 rings (SSSR count). The first-order chi connectivity index (χ1) is 22.7. The van der Waals surface area contributed by atoms with E-state index in [1.807, 2.05) is 40.3 Å². The van der Waals surface area contributed by atoms with Crippen molar-refractivity contribution in [3.05, 3.63) is 149 Å². The van der Waals surface area contributed by atoms with Crippen molar-refractivity contribution in [2.45, 2.75) is 22.9 Å². The van der Waals surface area contributed by atoms with Gasteiger partial charge in [0.25, 0.3) is 10.1 Å². The van der Waals surface area contributed by atoms with Crippen molar-refractivity contribution in [2.24, 2.45) is 0 Å². The molecule has 1 aliphatic rings. The summed E-state index contributed by atoms with van der Waals surface area (Å²) in [6.45, 7) is 0.744. The summed E-state index contributed by atoms with van der Waals surface area (Å²) < 4.78 is 69.1. The van der Waals surface area contributed by atoms with Crippen molar-refractivity contribution < 1.29 is 60.1 Å². The fourth-order valence-corrected chi connectivity index (χ4v) is 6.35. The number of allylic oxidation sites excluding steroid dienone is 5. The molecule has 49 heavy (non-hydrogen) atoms. The minimum absolute atomic E-state index is 0. The zero-order valence-corrected chi connectivity index (χ0v) is 31.7. The molecule has 0 radical (unpaired) electrons. The molecular formula is C37H37N3NaO6S2+. The summed E-state index contributed by atoms with van der Waals surface area (Å²) in [5.41, 5.74) is 8.83. The maximum Gasteiger partial charge on any atom is 1.00 e.